The Morgan fingerprint density at radius 3 is 2.43 bits per heavy atom. The van der Waals surface area contributed by atoms with Crippen molar-refractivity contribution < 1.29 is 22.7 Å². The van der Waals surface area contributed by atoms with Crippen LogP contribution in [0.1, 0.15) is 41.3 Å². The molecule has 1 saturated heterocycles. The van der Waals surface area contributed by atoms with Gasteiger partial charge in [0.1, 0.15) is 5.75 Å². The summed E-state index contributed by atoms with van der Waals surface area (Å²) >= 11 is 6.47. The lowest BCUT2D eigenvalue weighted by Gasteiger charge is -2.32. The van der Waals surface area contributed by atoms with Crippen LogP contribution in [0.3, 0.4) is 0 Å². The number of halogens is 4. The second-order valence-electron chi connectivity index (χ2n) is 7.98. The highest BCUT2D eigenvalue weighted by Crippen LogP contribution is 2.36. The third kappa shape index (κ3) is 4.51. The number of rotatable bonds is 4. The standard InChI is InChI=1S/C22H22ClF3N2O2/c1-14-6-8-27(9-7-14)17-10-16-13-28(21(29)20(16)19(23)11-17)12-15-2-4-18(5-3-15)30-22(24,25)26/h2-5,10-11,14H,6-9,12-13H2,1H3. The molecule has 1 amide bonds. The maximum Gasteiger partial charge on any atom is 0.573 e. The van der Waals surface area contributed by atoms with Gasteiger partial charge in [-0.25, -0.2) is 0 Å². The number of anilines is 1. The van der Waals surface area contributed by atoms with Gasteiger partial charge in [0, 0.05) is 31.9 Å². The lowest BCUT2D eigenvalue weighted by molar-refractivity contribution is -0.274. The Kier molecular flexibility index (Phi) is 5.57. The van der Waals surface area contributed by atoms with E-state index in [1.54, 1.807) is 4.90 Å². The second kappa shape index (κ2) is 8.02. The first-order valence-corrected chi connectivity index (χ1v) is 10.3. The van der Waals surface area contributed by atoms with Crippen LogP contribution >= 0.6 is 11.6 Å². The molecular formula is C22H22ClF3N2O2. The SMILES string of the molecule is CC1CCN(c2cc(Cl)c3c(c2)CN(Cc2ccc(OC(F)(F)F)cc2)C3=O)CC1. The van der Waals surface area contributed by atoms with E-state index in [4.69, 9.17) is 11.6 Å². The third-order valence-electron chi connectivity index (χ3n) is 5.70. The average Bonchev–Trinajstić information content (AvgIpc) is 2.98. The fourth-order valence-electron chi connectivity index (χ4n) is 4.04. The van der Waals surface area contributed by atoms with E-state index in [-0.39, 0.29) is 18.2 Å². The number of carbonyl (C=O) groups is 1. The normalized spacial score (nSPS) is 17.4. The van der Waals surface area contributed by atoms with E-state index in [0.29, 0.717) is 22.7 Å². The summed E-state index contributed by atoms with van der Waals surface area (Å²) in [5.41, 5.74) is 3.15. The molecule has 4 rings (SSSR count). The minimum absolute atomic E-state index is 0.163. The molecule has 0 unspecified atom stereocenters. The van der Waals surface area contributed by atoms with Crippen LogP contribution in [0.2, 0.25) is 5.02 Å². The van der Waals surface area contributed by atoms with Crippen molar-refractivity contribution in [1.82, 2.24) is 4.90 Å². The van der Waals surface area contributed by atoms with Crippen LogP contribution < -0.4 is 9.64 Å². The smallest absolute Gasteiger partial charge is 0.406 e. The summed E-state index contributed by atoms with van der Waals surface area (Å²) in [6.45, 7) is 4.91. The topological polar surface area (TPSA) is 32.8 Å². The fraction of sp³-hybridized carbons (Fsp3) is 0.409. The number of fused-ring (bicyclic) bond motifs is 1. The number of hydrogen-bond donors (Lipinski definition) is 0. The lowest BCUT2D eigenvalue weighted by atomic mass is 9.98. The largest absolute Gasteiger partial charge is 0.573 e. The van der Waals surface area contributed by atoms with E-state index in [1.165, 1.54) is 24.3 Å². The molecular weight excluding hydrogens is 417 g/mol. The van der Waals surface area contributed by atoms with Crippen LogP contribution in [-0.4, -0.2) is 30.3 Å². The number of ether oxygens (including phenoxy) is 1. The monoisotopic (exact) mass is 438 g/mol. The molecule has 1 fully saturated rings. The van der Waals surface area contributed by atoms with Gasteiger partial charge in [-0.1, -0.05) is 30.7 Å². The molecule has 0 spiro atoms. The molecule has 0 saturated carbocycles. The predicted octanol–water partition coefficient (Wildman–Crippen LogP) is 5.63. The van der Waals surface area contributed by atoms with Crippen LogP contribution in [0, 0.1) is 5.92 Å². The number of amides is 1. The maximum atomic E-state index is 12.9. The number of piperidine rings is 1. The van der Waals surface area contributed by atoms with Crippen molar-refractivity contribution in [1.29, 1.82) is 0 Å². The van der Waals surface area contributed by atoms with Gasteiger partial charge in [0.2, 0.25) is 0 Å². The number of hydrogen-bond acceptors (Lipinski definition) is 3. The molecule has 2 aromatic carbocycles. The molecule has 0 radical (unpaired) electrons. The molecule has 160 valence electrons. The van der Waals surface area contributed by atoms with Crippen LogP contribution in [-0.2, 0) is 13.1 Å². The van der Waals surface area contributed by atoms with Crippen LogP contribution in [0.5, 0.6) is 5.75 Å². The zero-order valence-electron chi connectivity index (χ0n) is 16.5. The molecule has 2 aliphatic rings. The van der Waals surface area contributed by atoms with Crippen LogP contribution in [0.25, 0.3) is 0 Å². The predicted molar refractivity (Wildman–Crippen MR) is 109 cm³/mol. The Balaban J connectivity index is 1.47. The maximum absolute atomic E-state index is 12.9. The quantitative estimate of drug-likeness (QED) is 0.620. The molecule has 0 N–H and O–H groups in total. The molecule has 0 atom stereocenters. The number of nitrogens with zero attached hydrogens (tertiary/aromatic N) is 2. The van der Waals surface area contributed by atoms with Crippen LogP contribution in [0.15, 0.2) is 36.4 Å². The highest BCUT2D eigenvalue weighted by Gasteiger charge is 2.32. The zero-order chi connectivity index (χ0) is 21.5. The van der Waals surface area contributed by atoms with Gasteiger partial charge in [-0.3, -0.25) is 4.79 Å². The third-order valence-corrected chi connectivity index (χ3v) is 6.00. The van der Waals surface area contributed by atoms with Crippen molar-refractivity contribution in [2.75, 3.05) is 18.0 Å². The summed E-state index contributed by atoms with van der Waals surface area (Å²) in [4.78, 5) is 16.8. The van der Waals surface area contributed by atoms with Gasteiger partial charge in [-0.05, 0) is 54.2 Å². The molecule has 2 aliphatic heterocycles. The Morgan fingerprint density at radius 1 is 1.13 bits per heavy atom. The van der Waals surface area contributed by atoms with Crippen molar-refractivity contribution in [3.8, 4) is 5.75 Å². The molecule has 2 aromatic rings. The summed E-state index contributed by atoms with van der Waals surface area (Å²) in [5, 5.41) is 0.447. The highest BCUT2D eigenvalue weighted by atomic mass is 35.5. The van der Waals surface area contributed by atoms with Gasteiger partial charge in [-0.15, -0.1) is 13.2 Å². The molecule has 0 bridgehead atoms. The van der Waals surface area contributed by atoms with E-state index in [9.17, 15) is 18.0 Å². The first kappa shape index (κ1) is 20.8. The summed E-state index contributed by atoms with van der Waals surface area (Å²) in [7, 11) is 0. The Labute approximate surface area is 178 Å². The van der Waals surface area contributed by atoms with Crippen molar-refractivity contribution in [3.05, 3.63) is 58.1 Å². The van der Waals surface area contributed by atoms with Gasteiger partial charge < -0.3 is 14.5 Å². The Hall–Kier alpha value is -2.41. The first-order valence-electron chi connectivity index (χ1n) is 9.91. The molecule has 2 heterocycles. The second-order valence-corrected chi connectivity index (χ2v) is 8.39. The zero-order valence-corrected chi connectivity index (χ0v) is 17.3. The summed E-state index contributed by atoms with van der Waals surface area (Å²) in [6, 6.07) is 9.45. The van der Waals surface area contributed by atoms with Gasteiger partial charge in [0.25, 0.3) is 5.91 Å². The van der Waals surface area contributed by atoms with E-state index in [1.807, 2.05) is 12.1 Å². The van der Waals surface area contributed by atoms with Gasteiger partial charge >= 0.3 is 6.36 Å². The lowest BCUT2D eigenvalue weighted by Crippen LogP contribution is -2.32. The first-order chi connectivity index (χ1) is 14.2. The van der Waals surface area contributed by atoms with Crippen molar-refractivity contribution >= 4 is 23.2 Å². The summed E-state index contributed by atoms with van der Waals surface area (Å²) in [5.74, 6) is 0.270. The number of carbonyl (C=O) groups excluding carboxylic acids is 1. The Morgan fingerprint density at radius 2 is 1.80 bits per heavy atom. The number of benzene rings is 2. The molecule has 30 heavy (non-hydrogen) atoms. The van der Waals surface area contributed by atoms with Crippen molar-refractivity contribution in [2.24, 2.45) is 5.92 Å². The van der Waals surface area contributed by atoms with Gasteiger partial charge in [-0.2, -0.15) is 0 Å². The summed E-state index contributed by atoms with van der Waals surface area (Å²) in [6.07, 6.45) is -2.46. The van der Waals surface area contributed by atoms with Gasteiger partial charge in [0.15, 0.2) is 0 Å². The van der Waals surface area contributed by atoms with E-state index < -0.39 is 6.36 Å². The Bertz CT molecular complexity index is 939. The molecule has 0 aliphatic carbocycles. The molecule has 8 heteroatoms. The van der Waals surface area contributed by atoms with Gasteiger partial charge in [0.05, 0.1) is 10.6 Å². The van der Waals surface area contributed by atoms with E-state index >= 15 is 0 Å². The average molecular weight is 439 g/mol. The molecule has 4 nitrogen and oxygen atoms in total. The minimum atomic E-state index is -4.73. The van der Waals surface area contributed by atoms with E-state index in [2.05, 4.69) is 16.6 Å². The van der Waals surface area contributed by atoms with Crippen LogP contribution in [0.4, 0.5) is 18.9 Å². The highest BCUT2D eigenvalue weighted by molar-refractivity contribution is 6.34. The molecule has 0 aromatic heterocycles. The fourth-order valence-corrected chi connectivity index (χ4v) is 4.36. The van der Waals surface area contributed by atoms with Crippen molar-refractivity contribution in [2.45, 2.75) is 39.2 Å². The summed E-state index contributed by atoms with van der Waals surface area (Å²) < 4.78 is 40.8. The number of alkyl halides is 3. The minimum Gasteiger partial charge on any atom is -0.406 e. The van der Waals surface area contributed by atoms with Crippen molar-refractivity contribution in [3.63, 3.8) is 0 Å². The van der Waals surface area contributed by atoms with E-state index in [0.717, 1.165) is 43.1 Å².